The van der Waals surface area contributed by atoms with Crippen molar-refractivity contribution in [3.05, 3.63) is 65.7 Å². The number of hydrogen-bond donors (Lipinski definition) is 1. The molecule has 0 aliphatic rings. The van der Waals surface area contributed by atoms with Crippen LogP contribution in [0.25, 0.3) is 21.9 Å². The molecule has 1 heteroatoms. The third kappa shape index (κ3) is 2.16. The van der Waals surface area contributed by atoms with Crippen LogP contribution in [0.1, 0.15) is 18.1 Å². The molecule has 3 aromatic carbocycles. The minimum absolute atomic E-state index is 0.314. The molecule has 1 N–H and O–H groups in total. The third-order valence-corrected chi connectivity index (χ3v) is 3.96. The monoisotopic (exact) mass is 262 g/mol. The largest absolute Gasteiger partial charge is 0.508 e. The summed E-state index contributed by atoms with van der Waals surface area (Å²) < 4.78 is 0. The lowest BCUT2D eigenvalue weighted by Crippen LogP contribution is -1.90. The van der Waals surface area contributed by atoms with Crippen molar-refractivity contribution >= 4 is 10.8 Å². The van der Waals surface area contributed by atoms with Crippen LogP contribution in [0.2, 0.25) is 0 Å². The fourth-order valence-electron chi connectivity index (χ4n) is 2.78. The molecule has 0 fully saturated rings. The highest BCUT2D eigenvalue weighted by molar-refractivity contribution is 5.88. The van der Waals surface area contributed by atoms with Gasteiger partial charge in [-0.15, -0.1) is 0 Å². The van der Waals surface area contributed by atoms with Gasteiger partial charge in [-0.1, -0.05) is 43.3 Å². The molecule has 0 aromatic heterocycles. The van der Waals surface area contributed by atoms with Crippen molar-refractivity contribution in [1.82, 2.24) is 0 Å². The molecule has 0 amide bonds. The van der Waals surface area contributed by atoms with Gasteiger partial charge >= 0.3 is 0 Å². The maximum Gasteiger partial charge on any atom is 0.116 e. The fourth-order valence-corrected chi connectivity index (χ4v) is 2.78. The summed E-state index contributed by atoms with van der Waals surface area (Å²) in [5, 5.41) is 11.8. The summed E-state index contributed by atoms with van der Waals surface area (Å²) in [6.07, 6.45) is 1.06. The lowest BCUT2D eigenvalue weighted by molar-refractivity contribution is 0.476. The van der Waals surface area contributed by atoms with Gasteiger partial charge in [0.25, 0.3) is 0 Å². The summed E-state index contributed by atoms with van der Waals surface area (Å²) in [5.41, 5.74) is 5.27. The fraction of sp³-hybridized carbons (Fsp3) is 0.158. The molecular formula is C19H18O. The average Bonchev–Trinajstić information content (AvgIpc) is 2.47. The van der Waals surface area contributed by atoms with Gasteiger partial charge in [0.2, 0.25) is 0 Å². The molecule has 100 valence electrons. The molecule has 0 aliphatic heterocycles. The van der Waals surface area contributed by atoms with Gasteiger partial charge in [-0.2, -0.15) is 0 Å². The van der Waals surface area contributed by atoms with Crippen molar-refractivity contribution < 1.29 is 5.11 Å². The van der Waals surface area contributed by atoms with Crippen LogP contribution in [0.4, 0.5) is 0 Å². The summed E-state index contributed by atoms with van der Waals surface area (Å²) in [6, 6.07) is 18.4. The first-order valence-corrected chi connectivity index (χ1v) is 7.00. The van der Waals surface area contributed by atoms with Crippen LogP contribution in [-0.2, 0) is 6.42 Å². The lowest BCUT2D eigenvalue weighted by Gasteiger charge is -2.11. The van der Waals surface area contributed by atoms with Crippen LogP contribution < -0.4 is 0 Å². The van der Waals surface area contributed by atoms with Crippen molar-refractivity contribution in [2.75, 3.05) is 0 Å². The maximum atomic E-state index is 9.53. The molecule has 20 heavy (non-hydrogen) atoms. The number of benzene rings is 3. The van der Waals surface area contributed by atoms with Crippen molar-refractivity contribution in [3.8, 4) is 16.9 Å². The molecule has 0 radical (unpaired) electrons. The van der Waals surface area contributed by atoms with Crippen LogP contribution in [0.5, 0.6) is 5.75 Å². The van der Waals surface area contributed by atoms with E-state index in [1.165, 1.54) is 22.3 Å². The molecule has 0 bridgehead atoms. The number of rotatable bonds is 2. The Morgan fingerprint density at radius 3 is 2.45 bits per heavy atom. The Kier molecular flexibility index (Phi) is 3.19. The summed E-state index contributed by atoms with van der Waals surface area (Å²) >= 11 is 0. The van der Waals surface area contributed by atoms with Crippen LogP contribution in [0, 0.1) is 6.92 Å². The van der Waals surface area contributed by atoms with E-state index >= 15 is 0 Å². The van der Waals surface area contributed by atoms with Gasteiger partial charge in [0.05, 0.1) is 0 Å². The highest BCUT2D eigenvalue weighted by Gasteiger charge is 2.06. The summed E-state index contributed by atoms with van der Waals surface area (Å²) in [4.78, 5) is 0. The van der Waals surface area contributed by atoms with E-state index in [0.29, 0.717) is 5.75 Å². The Morgan fingerprint density at radius 2 is 1.65 bits per heavy atom. The van der Waals surface area contributed by atoms with Crippen molar-refractivity contribution in [3.63, 3.8) is 0 Å². The highest BCUT2D eigenvalue weighted by Crippen LogP contribution is 2.30. The molecule has 0 spiro atoms. The van der Waals surface area contributed by atoms with Gasteiger partial charge in [-0.3, -0.25) is 0 Å². The molecule has 0 unspecified atom stereocenters. The number of aryl methyl sites for hydroxylation is 1. The minimum atomic E-state index is 0.314. The Balaban J connectivity index is 2.17. The second kappa shape index (κ2) is 5.01. The predicted molar refractivity (Wildman–Crippen MR) is 85.2 cm³/mol. The number of fused-ring (bicyclic) bond motifs is 1. The Labute approximate surface area is 119 Å². The molecule has 3 aromatic rings. The van der Waals surface area contributed by atoms with Gasteiger partial charge in [0, 0.05) is 0 Å². The first kappa shape index (κ1) is 12.7. The number of hydrogen-bond acceptors (Lipinski definition) is 1. The average molecular weight is 262 g/mol. The van der Waals surface area contributed by atoms with Crippen molar-refractivity contribution in [1.29, 1.82) is 0 Å². The minimum Gasteiger partial charge on any atom is -0.508 e. The van der Waals surface area contributed by atoms with E-state index in [4.69, 9.17) is 0 Å². The summed E-state index contributed by atoms with van der Waals surface area (Å²) in [7, 11) is 0. The predicted octanol–water partition coefficient (Wildman–Crippen LogP) is 5.08. The SMILES string of the molecule is CCc1cccc(-c2ccc3cc(O)ccc3c2)c1C. The molecule has 0 saturated carbocycles. The van der Waals surface area contributed by atoms with E-state index in [1.807, 2.05) is 6.07 Å². The molecule has 3 rings (SSSR count). The normalized spacial score (nSPS) is 10.9. The smallest absolute Gasteiger partial charge is 0.116 e. The number of aromatic hydroxyl groups is 1. The molecular weight excluding hydrogens is 244 g/mol. The zero-order chi connectivity index (χ0) is 14.1. The molecule has 0 aliphatic carbocycles. The van der Waals surface area contributed by atoms with E-state index in [9.17, 15) is 5.11 Å². The van der Waals surface area contributed by atoms with Crippen LogP contribution >= 0.6 is 0 Å². The van der Waals surface area contributed by atoms with Gasteiger partial charge in [0.15, 0.2) is 0 Å². The van der Waals surface area contributed by atoms with Crippen molar-refractivity contribution in [2.24, 2.45) is 0 Å². The summed E-state index contributed by atoms with van der Waals surface area (Å²) in [6.45, 7) is 4.38. The highest BCUT2D eigenvalue weighted by atomic mass is 16.3. The van der Waals surface area contributed by atoms with Crippen molar-refractivity contribution in [2.45, 2.75) is 20.3 Å². The lowest BCUT2D eigenvalue weighted by atomic mass is 9.94. The molecule has 0 atom stereocenters. The van der Waals surface area contributed by atoms with Gasteiger partial charge in [-0.05, 0) is 64.6 Å². The maximum absolute atomic E-state index is 9.53. The van der Waals surface area contributed by atoms with E-state index in [-0.39, 0.29) is 0 Å². The quantitative estimate of drug-likeness (QED) is 0.682. The molecule has 0 saturated heterocycles. The zero-order valence-electron chi connectivity index (χ0n) is 11.9. The second-order valence-corrected chi connectivity index (χ2v) is 5.19. The summed E-state index contributed by atoms with van der Waals surface area (Å²) in [5.74, 6) is 0.314. The first-order valence-electron chi connectivity index (χ1n) is 7.00. The molecule has 1 nitrogen and oxygen atoms in total. The van der Waals surface area contributed by atoms with Crippen LogP contribution in [-0.4, -0.2) is 5.11 Å². The van der Waals surface area contributed by atoms with Gasteiger partial charge in [-0.25, -0.2) is 0 Å². The number of phenols is 1. The van der Waals surface area contributed by atoms with E-state index in [0.717, 1.165) is 17.2 Å². The first-order chi connectivity index (χ1) is 9.69. The Bertz CT molecular complexity index is 772. The van der Waals surface area contributed by atoms with E-state index < -0.39 is 0 Å². The van der Waals surface area contributed by atoms with E-state index in [2.05, 4.69) is 50.2 Å². The Hall–Kier alpha value is -2.28. The molecule has 0 heterocycles. The standard InChI is InChI=1S/C19H18O/c1-3-14-5-4-6-19(13(14)2)17-8-7-16-12-18(20)10-9-15(16)11-17/h4-12,20H,3H2,1-2H3. The van der Waals surface area contributed by atoms with Gasteiger partial charge in [0.1, 0.15) is 5.75 Å². The Morgan fingerprint density at radius 1 is 0.900 bits per heavy atom. The van der Waals surface area contributed by atoms with Gasteiger partial charge < -0.3 is 5.11 Å². The topological polar surface area (TPSA) is 20.2 Å². The second-order valence-electron chi connectivity index (χ2n) is 5.19. The van der Waals surface area contributed by atoms with Crippen LogP contribution in [0.15, 0.2) is 54.6 Å². The third-order valence-electron chi connectivity index (χ3n) is 3.96. The van der Waals surface area contributed by atoms with E-state index in [1.54, 1.807) is 12.1 Å². The zero-order valence-corrected chi connectivity index (χ0v) is 11.9. The van der Waals surface area contributed by atoms with Crippen LogP contribution in [0.3, 0.4) is 0 Å². The number of phenolic OH excluding ortho intramolecular Hbond substituents is 1.